The van der Waals surface area contributed by atoms with Gasteiger partial charge >= 0.3 is 0 Å². The van der Waals surface area contributed by atoms with Gasteiger partial charge in [-0.1, -0.05) is 44.5 Å². The number of hydrogen-bond donors (Lipinski definition) is 1. The van der Waals surface area contributed by atoms with Crippen molar-refractivity contribution in [3.8, 4) is 0 Å². The van der Waals surface area contributed by atoms with Crippen molar-refractivity contribution in [2.45, 2.75) is 71.1 Å². The van der Waals surface area contributed by atoms with Gasteiger partial charge in [-0.2, -0.15) is 13.0 Å². The molecule has 2 aliphatic heterocycles. The Bertz CT molecular complexity index is 1770. The third-order valence-corrected chi connectivity index (χ3v) is 11.6. The molecule has 0 atom stereocenters. The van der Waals surface area contributed by atoms with Gasteiger partial charge in [0, 0.05) is 59.6 Å². The number of nitrogens with zero attached hydrogens (tertiary/aromatic N) is 2. The van der Waals surface area contributed by atoms with Crippen molar-refractivity contribution in [1.82, 2.24) is 0 Å². The van der Waals surface area contributed by atoms with Crippen LogP contribution in [0.5, 0.6) is 0 Å². The lowest BCUT2D eigenvalue weighted by atomic mass is 9.81. The van der Waals surface area contributed by atoms with E-state index in [9.17, 15) is 13.0 Å². The Hall–Kier alpha value is -1.47. The first-order valence-electron chi connectivity index (χ1n) is 15.1. The van der Waals surface area contributed by atoms with Gasteiger partial charge in [-0.3, -0.25) is 4.55 Å². The standard InChI is InChI=1S/C35H39ClI2N2O3S/c1-6-18-39-29-14-12-25(37)21-27(29)34(2,3)31(39)16-10-23-8-7-9-24(33(23)36)11-17-32-35(4,5)28-22-26(38)13-15-30(28)40(32)19-20-44(41,42)43/h10-17,21-22H,6-9,18-20H2,1-5H3/p+1. The van der Waals surface area contributed by atoms with E-state index in [1.807, 2.05) is 17.0 Å². The lowest BCUT2D eigenvalue weighted by Crippen LogP contribution is -2.30. The maximum atomic E-state index is 11.7. The molecule has 234 valence electrons. The molecule has 0 bridgehead atoms. The van der Waals surface area contributed by atoms with E-state index in [0.29, 0.717) is 0 Å². The molecule has 0 saturated carbocycles. The topological polar surface area (TPSA) is 60.6 Å². The fourth-order valence-electron chi connectivity index (χ4n) is 6.77. The van der Waals surface area contributed by atoms with Crippen molar-refractivity contribution in [3.63, 3.8) is 0 Å². The van der Waals surface area contributed by atoms with Crippen LogP contribution in [0.25, 0.3) is 0 Å². The smallest absolute Gasteiger partial charge is 0.266 e. The highest BCUT2D eigenvalue weighted by atomic mass is 127. The summed E-state index contributed by atoms with van der Waals surface area (Å²) in [4.78, 5) is 2.03. The molecule has 2 aromatic carbocycles. The second kappa shape index (κ2) is 13.0. The molecule has 0 spiro atoms. The molecule has 9 heteroatoms. The Morgan fingerprint density at radius 1 is 0.977 bits per heavy atom. The second-order valence-corrected chi connectivity index (χ2v) is 17.3. The third kappa shape index (κ3) is 6.66. The van der Waals surface area contributed by atoms with Gasteiger partial charge in [-0.05, 0) is 131 Å². The molecule has 0 unspecified atom stereocenters. The summed E-state index contributed by atoms with van der Waals surface area (Å²) in [5.41, 5.74) is 8.82. The normalized spacial score (nSPS) is 21.2. The van der Waals surface area contributed by atoms with Crippen LogP contribution in [-0.2, 0) is 20.9 Å². The Morgan fingerprint density at radius 3 is 2.34 bits per heavy atom. The number of benzene rings is 2. The molecule has 0 saturated heterocycles. The molecule has 1 N–H and O–H groups in total. The number of anilines is 1. The highest BCUT2D eigenvalue weighted by molar-refractivity contribution is 14.1. The Labute approximate surface area is 294 Å². The average Bonchev–Trinajstić information content (AvgIpc) is 3.28. The summed E-state index contributed by atoms with van der Waals surface area (Å²) in [5, 5.41) is 0.794. The highest BCUT2D eigenvalue weighted by Crippen LogP contribution is 2.48. The molecule has 0 amide bonds. The maximum Gasteiger partial charge on any atom is 0.266 e. The largest absolute Gasteiger partial charge is 0.343 e. The van der Waals surface area contributed by atoms with Crippen LogP contribution < -0.4 is 4.90 Å². The summed E-state index contributed by atoms with van der Waals surface area (Å²) >= 11 is 11.8. The van der Waals surface area contributed by atoms with E-state index in [4.69, 9.17) is 11.6 Å². The highest BCUT2D eigenvalue weighted by Gasteiger charge is 2.44. The van der Waals surface area contributed by atoms with Crippen LogP contribution in [0, 0.1) is 7.14 Å². The van der Waals surface area contributed by atoms with Gasteiger partial charge in [0.1, 0.15) is 6.54 Å². The predicted octanol–water partition coefficient (Wildman–Crippen LogP) is 9.41. The van der Waals surface area contributed by atoms with Crippen molar-refractivity contribution in [1.29, 1.82) is 0 Å². The minimum atomic E-state index is -4.11. The molecule has 0 aromatic heterocycles. The second-order valence-electron chi connectivity index (χ2n) is 12.8. The maximum absolute atomic E-state index is 11.7. The number of hydrogen-bond acceptors (Lipinski definition) is 3. The molecular weight excluding hydrogens is 818 g/mol. The van der Waals surface area contributed by atoms with E-state index >= 15 is 0 Å². The van der Waals surface area contributed by atoms with Crippen molar-refractivity contribution < 1.29 is 17.5 Å². The van der Waals surface area contributed by atoms with Crippen LogP contribution in [0.15, 0.2) is 82.6 Å². The van der Waals surface area contributed by atoms with E-state index in [1.165, 1.54) is 20.5 Å². The van der Waals surface area contributed by atoms with Gasteiger partial charge in [0.2, 0.25) is 5.69 Å². The number of rotatable bonds is 8. The van der Waals surface area contributed by atoms with Crippen LogP contribution in [0.1, 0.15) is 71.4 Å². The quantitative estimate of drug-likeness (QED) is 0.163. The predicted molar refractivity (Wildman–Crippen MR) is 200 cm³/mol. The van der Waals surface area contributed by atoms with Gasteiger partial charge < -0.3 is 4.90 Å². The SMILES string of the molecule is CCC[N+]1=C(/C=C/C2=C(Cl)C(=C/C=C3/N(CCS(=O)(=O)O)c4ccc(I)cc4C3(C)C)/CCC2)C(C)(C)c2cc(I)ccc21. The Balaban J connectivity index is 1.51. The van der Waals surface area contributed by atoms with E-state index < -0.39 is 10.1 Å². The molecule has 0 radical (unpaired) electrons. The summed E-state index contributed by atoms with van der Waals surface area (Å²) in [6.07, 6.45) is 12.6. The van der Waals surface area contributed by atoms with Crippen molar-refractivity contribution >= 4 is 84.0 Å². The first-order chi connectivity index (χ1) is 20.6. The molecule has 2 aromatic rings. The minimum absolute atomic E-state index is 0.112. The summed E-state index contributed by atoms with van der Waals surface area (Å²) in [6.45, 7) is 12.3. The van der Waals surface area contributed by atoms with Crippen LogP contribution in [-0.4, -0.2) is 42.1 Å². The molecule has 44 heavy (non-hydrogen) atoms. The van der Waals surface area contributed by atoms with Crippen molar-refractivity contribution in [2.24, 2.45) is 0 Å². The summed E-state index contributed by atoms with van der Waals surface area (Å²) in [5.74, 6) is -0.342. The molecule has 3 aliphatic rings. The average molecular weight is 858 g/mol. The van der Waals surface area contributed by atoms with Gasteiger partial charge in [0.05, 0.1) is 11.2 Å². The number of fused-ring (bicyclic) bond motifs is 2. The molecule has 0 fully saturated rings. The summed E-state index contributed by atoms with van der Waals surface area (Å²) < 4.78 is 37.8. The lowest BCUT2D eigenvalue weighted by molar-refractivity contribution is -0.437. The molecule has 5 nitrogen and oxygen atoms in total. The van der Waals surface area contributed by atoms with E-state index in [0.717, 1.165) is 68.9 Å². The van der Waals surface area contributed by atoms with Crippen molar-refractivity contribution in [3.05, 3.63) is 101 Å². The third-order valence-electron chi connectivity index (χ3n) is 9.07. The van der Waals surface area contributed by atoms with E-state index in [2.05, 4.69) is 133 Å². The molecule has 5 rings (SSSR count). The zero-order valence-corrected chi connectivity index (χ0v) is 31.8. The first kappa shape index (κ1) is 33.9. The van der Waals surface area contributed by atoms with Crippen LogP contribution in [0.4, 0.5) is 11.4 Å². The molecular formula is C35H40ClI2N2O3S+. The minimum Gasteiger partial charge on any atom is -0.343 e. The van der Waals surface area contributed by atoms with E-state index in [1.54, 1.807) is 0 Å². The summed E-state index contributed by atoms with van der Waals surface area (Å²) in [7, 11) is -4.11. The molecule has 2 heterocycles. The van der Waals surface area contributed by atoms with Crippen LogP contribution >= 0.6 is 56.8 Å². The number of allylic oxidation sites excluding steroid dienone is 8. The zero-order valence-electron chi connectivity index (χ0n) is 25.9. The van der Waals surface area contributed by atoms with Crippen molar-refractivity contribution in [2.75, 3.05) is 23.7 Å². The fraction of sp³-hybridized carbons (Fsp3) is 0.400. The lowest BCUT2D eigenvalue weighted by Gasteiger charge is -2.27. The van der Waals surface area contributed by atoms with Gasteiger partial charge in [-0.25, -0.2) is 0 Å². The summed E-state index contributed by atoms with van der Waals surface area (Å²) in [6, 6.07) is 13.0. The van der Waals surface area contributed by atoms with Crippen LogP contribution in [0.2, 0.25) is 0 Å². The first-order valence-corrected chi connectivity index (χ1v) is 19.3. The Morgan fingerprint density at radius 2 is 1.66 bits per heavy atom. The zero-order chi connectivity index (χ0) is 32.0. The fourth-order valence-corrected chi connectivity index (χ4v) is 8.49. The Kier molecular flexibility index (Phi) is 9.99. The van der Waals surface area contributed by atoms with E-state index in [-0.39, 0.29) is 23.1 Å². The monoisotopic (exact) mass is 857 g/mol. The van der Waals surface area contributed by atoms with Gasteiger partial charge in [-0.15, -0.1) is 0 Å². The van der Waals surface area contributed by atoms with Gasteiger partial charge in [0.25, 0.3) is 10.1 Å². The van der Waals surface area contributed by atoms with Gasteiger partial charge in [0.15, 0.2) is 5.71 Å². The number of halogens is 3. The molecule has 1 aliphatic carbocycles. The van der Waals surface area contributed by atoms with Crippen LogP contribution in [0.3, 0.4) is 0 Å².